The Bertz CT molecular complexity index is 735. The van der Waals surface area contributed by atoms with Crippen LogP contribution in [-0.4, -0.2) is 27.8 Å². The molecule has 0 atom stereocenters. The molecule has 2 rings (SSSR count). The molecule has 0 spiro atoms. The van der Waals surface area contributed by atoms with Gasteiger partial charge < -0.3 is 4.98 Å². The third-order valence-electron chi connectivity index (χ3n) is 2.77. The van der Waals surface area contributed by atoms with Gasteiger partial charge in [-0.1, -0.05) is 6.07 Å². The number of non-ortho nitro benzene ring substituents is 1. The fourth-order valence-electron chi connectivity index (χ4n) is 1.79. The second kappa shape index (κ2) is 4.50. The molecule has 0 amide bonds. The second-order valence-corrected chi connectivity index (χ2v) is 4.06. The van der Waals surface area contributed by atoms with Gasteiger partial charge in [-0.25, -0.2) is 0 Å². The summed E-state index contributed by atoms with van der Waals surface area (Å²) in [5, 5.41) is 10.2. The number of alkyl halides is 5. The minimum atomic E-state index is -6.09. The van der Waals surface area contributed by atoms with E-state index in [1.54, 1.807) is 0 Å². The Labute approximate surface area is 112 Å². The molecule has 0 aliphatic rings. The quantitative estimate of drug-likeness (QED) is 0.408. The zero-order chi connectivity index (χ0) is 16.0. The molecule has 21 heavy (non-hydrogen) atoms. The highest BCUT2D eigenvalue weighted by Gasteiger charge is 2.63. The number of H-pyrrole nitrogens is 1. The van der Waals surface area contributed by atoms with Crippen LogP contribution < -0.4 is 0 Å². The number of carbonyl (C=O) groups excluding carboxylic acids is 1. The zero-order valence-electron chi connectivity index (χ0n) is 9.87. The molecule has 0 saturated heterocycles. The number of ketones is 1. The number of nitrogens with zero attached hydrogens (tertiary/aromatic N) is 1. The Morgan fingerprint density at radius 1 is 1.19 bits per heavy atom. The molecular formula is C11H5F5N2O3. The molecule has 0 unspecified atom stereocenters. The molecule has 0 bridgehead atoms. The van der Waals surface area contributed by atoms with Crippen LogP contribution in [0.15, 0.2) is 24.4 Å². The van der Waals surface area contributed by atoms with Crippen molar-refractivity contribution >= 4 is 22.4 Å². The first-order valence-corrected chi connectivity index (χ1v) is 5.31. The Hall–Kier alpha value is -2.52. The van der Waals surface area contributed by atoms with E-state index in [2.05, 4.69) is 4.98 Å². The van der Waals surface area contributed by atoms with E-state index in [0.29, 0.717) is 6.20 Å². The normalized spacial score (nSPS) is 12.6. The fraction of sp³-hybridized carbons (Fsp3) is 0.182. The lowest BCUT2D eigenvalue weighted by Gasteiger charge is -2.17. The lowest BCUT2D eigenvalue weighted by molar-refractivity contribution is -0.383. The van der Waals surface area contributed by atoms with Crippen molar-refractivity contribution in [3.8, 4) is 0 Å². The molecule has 0 aliphatic carbocycles. The van der Waals surface area contributed by atoms with Crippen molar-refractivity contribution in [2.45, 2.75) is 12.1 Å². The maximum atomic E-state index is 13.1. The number of nitro groups is 1. The molecule has 0 radical (unpaired) electrons. The Morgan fingerprint density at radius 3 is 2.33 bits per heavy atom. The van der Waals surface area contributed by atoms with Gasteiger partial charge in [0.1, 0.15) is 0 Å². The summed E-state index contributed by atoms with van der Waals surface area (Å²) in [6.45, 7) is 0. The molecule has 1 aromatic carbocycles. The largest absolute Gasteiger partial charge is 0.461 e. The van der Waals surface area contributed by atoms with Crippen LogP contribution in [0.25, 0.3) is 10.9 Å². The van der Waals surface area contributed by atoms with Gasteiger partial charge in [-0.15, -0.1) is 0 Å². The SMILES string of the molecule is O=C(c1c[nH]c2cccc([N+](=O)[O-])c12)C(F)(F)C(F)(F)F. The number of fused-ring (bicyclic) bond motifs is 1. The highest BCUT2D eigenvalue weighted by atomic mass is 19.4. The molecule has 1 N–H and O–H groups in total. The Balaban J connectivity index is 2.69. The van der Waals surface area contributed by atoms with Gasteiger partial charge in [0, 0.05) is 12.3 Å². The number of hydrogen-bond donors (Lipinski definition) is 1. The number of benzene rings is 1. The van der Waals surface area contributed by atoms with Crippen molar-refractivity contribution in [2.75, 3.05) is 0 Å². The summed E-state index contributed by atoms with van der Waals surface area (Å²) < 4.78 is 62.8. The van der Waals surface area contributed by atoms with Crippen molar-refractivity contribution in [2.24, 2.45) is 0 Å². The van der Waals surface area contributed by atoms with E-state index in [1.165, 1.54) is 12.1 Å². The predicted octanol–water partition coefficient (Wildman–Crippen LogP) is 3.46. The van der Waals surface area contributed by atoms with Crippen LogP contribution in [0.3, 0.4) is 0 Å². The number of aromatic amines is 1. The molecule has 0 fully saturated rings. The molecule has 1 aromatic heterocycles. The van der Waals surface area contributed by atoms with Crippen molar-refractivity contribution in [1.82, 2.24) is 4.98 Å². The summed E-state index contributed by atoms with van der Waals surface area (Å²) >= 11 is 0. The summed E-state index contributed by atoms with van der Waals surface area (Å²) in [6.07, 6.45) is -5.49. The monoisotopic (exact) mass is 308 g/mol. The average molecular weight is 308 g/mol. The van der Waals surface area contributed by atoms with E-state index in [9.17, 15) is 36.9 Å². The van der Waals surface area contributed by atoms with Gasteiger partial charge >= 0.3 is 12.1 Å². The molecule has 0 aliphatic heterocycles. The summed E-state index contributed by atoms with van der Waals surface area (Å²) in [5.41, 5.74) is -1.92. The summed E-state index contributed by atoms with van der Waals surface area (Å²) in [4.78, 5) is 23.5. The second-order valence-electron chi connectivity index (χ2n) is 4.06. The lowest BCUT2D eigenvalue weighted by Crippen LogP contribution is -2.44. The summed E-state index contributed by atoms with van der Waals surface area (Å²) in [5.74, 6) is -8.18. The molecule has 0 saturated carbocycles. The van der Waals surface area contributed by atoms with Gasteiger partial charge in [-0.05, 0) is 6.07 Å². The first kappa shape index (κ1) is 14.9. The third kappa shape index (κ3) is 2.22. The average Bonchev–Trinajstić information content (AvgIpc) is 2.79. The minimum absolute atomic E-state index is 0.0921. The topological polar surface area (TPSA) is 76.0 Å². The molecule has 2 aromatic rings. The Morgan fingerprint density at radius 2 is 1.81 bits per heavy atom. The van der Waals surface area contributed by atoms with Crippen molar-refractivity contribution in [3.05, 3.63) is 40.1 Å². The van der Waals surface area contributed by atoms with Crippen molar-refractivity contribution in [3.63, 3.8) is 0 Å². The van der Waals surface area contributed by atoms with Crippen molar-refractivity contribution in [1.29, 1.82) is 0 Å². The maximum absolute atomic E-state index is 13.1. The van der Waals surface area contributed by atoms with Gasteiger partial charge in [0.2, 0.25) is 5.78 Å². The third-order valence-corrected chi connectivity index (χ3v) is 2.77. The number of nitro benzene ring substituents is 1. The van der Waals surface area contributed by atoms with Gasteiger partial charge in [0.15, 0.2) is 0 Å². The first-order chi connectivity index (χ1) is 9.57. The number of rotatable bonds is 3. The number of aromatic nitrogens is 1. The van der Waals surface area contributed by atoms with E-state index in [-0.39, 0.29) is 5.52 Å². The number of carbonyl (C=O) groups is 1. The lowest BCUT2D eigenvalue weighted by atomic mass is 10.0. The van der Waals surface area contributed by atoms with Crippen LogP contribution in [0, 0.1) is 10.1 Å². The standard InChI is InChI=1S/C11H5F5N2O3/c12-10(13,11(14,15)16)9(19)5-4-17-6-2-1-3-7(8(5)6)18(20)21/h1-4,17H. The molecule has 5 nitrogen and oxygen atoms in total. The van der Waals surface area contributed by atoms with Gasteiger partial charge in [-0.3, -0.25) is 14.9 Å². The van der Waals surface area contributed by atoms with Crippen LogP contribution >= 0.6 is 0 Å². The van der Waals surface area contributed by atoms with Crippen LogP contribution in [-0.2, 0) is 0 Å². The highest BCUT2D eigenvalue weighted by Crippen LogP contribution is 2.40. The van der Waals surface area contributed by atoms with Crippen LogP contribution in [0.4, 0.5) is 27.6 Å². The molecule has 10 heteroatoms. The molecular weight excluding hydrogens is 303 g/mol. The summed E-state index contributed by atoms with van der Waals surface area (Å²) in [6, 6.07) is 3.32. The van der Waals surface area contributed by atoms with Crippen LogP contribution in [0.2, 0.25) is 0 Å². The van der Waals surface area contributed by atoms with Crippen LogP contribution in [0.1, 0.15) is 10.4 Å². The predicted molar refractivity (Wildman–Crippen MR) is 60.3 cm³/mol. The van der Waals surface area contributed by atoms with Gasteiger partial charge in [0.05, 0.1) is 21.4 Å². The number of Topliss-reactive ketones (excluding diaryl/α,β-unsaturated/α-hetero) is 1. The van der Waals surface area contributed by atoms with Crippen molar-refractivity contribution < 1.29 is 31.7 Å². The number of hydrogen-bond acceptors (Lipinski definition) is 3. The van der Waals surface area contributed by atoms with E-state index >= 15 is 0 Å². The highest BCUT2D eigenvalue weighted by molar-refractivity contribution is 6.14. The van der Waals surface area contributed by atoms with Gasteiger partial charge in [0.25, 0.3) is 5.69 Å². The van der Waals surface area contributed by atoms with E-state index in [0.717, 1.165) is 6.07 Å². The van der Waals surface area contributed by atoms with E-state index in [1.807, 2.05) is 0 Å². The molecule has 1 heterocycles. The maximum Gasteiger partial charge on any atom is 0.461 e. The van der Waals surface area contributed by atoms with Gasteiger partial charge in [-0.2, -0.15) is 22.0 Å². The zero-order valence-corrected chi connectivity index (χ0v) is 9.87. The first-order valence-electron chi connectivity index (χ1n) is 5.31. The minimum Gasteiger partial charge on any atom is -0.360 e. The Kier molecular flexibility index (Phi) is 3.19. The van der Waals surface area contributed by atoms with E-state index < -0.39 is 39.4 Å². The number of halogens is 5. The van der Waals surface area contributed by atoms with E-state index in [4.69, 9.17) is 0 Å². The summed E-state index contributed by atoms with van der Waals surface area (Å²) in [7, 11) is 0. The number of nitrogens with one attached hydrogen (secondary N) is 1. The molecule has 112 valence electrons. The van der Waals surface area contributed by atoms with Crippen LogP contribution in [0.5, 0.6) is 0 Å². The smallest absolute Gasteiger partial charge is 0.360 e. The fourth-order valence-corrected chi connectivity index (χ4v) is 1.79.